The molecule has 0 aromatic carbocycles. The van der Waals surface area contributed by atoms with Gasteiger partial charge in [0, 0.05) is 29.9 Å². The van der Waals surface area contributed by atoms with Crippen molar-refractivity contribution in [2.75, 3.05) is 4.90 Å². The molecule has 0 saturated carbocycles. The molecule has 2 atom stereocenters. The molecule has 3 N–H and O–H groups in total. The van der Waals surface area contributed by atoms with Crippen LogP contribution in [0.25, 0.3) is 0 Å². The summed E-state index contributed by atoms with van der Waals surface area (Å²) in [5.41, 5.74) is 8.16. The maximum absolute atomic E-state index is 9.95. The van der Waals surface area contributed by atoms with Crippen LogP contribution in [-0.2, 0) is 6.54 Å². The Morgan fingerprint density at radius 3 is 2.50 bits per heavy atom. The van der Waals surface area contributed by atoms with Crippen LogP contribution >= 0.6 is 0 Å². The van der Waals surface area contributed by atoms with Gasteiger partial charge in [-0.15, -0.1) is 0 Å². The van der Waals surface area contributed by atoms with E-state index in [4.69, 9.17) is 10.7 Å². The van der Waals surface area contributed by atoms with Gasteiger partial charge in [-0.1, -0.05) is 19.9 Å². The van der Waals surface area contributed by atoms with Crippen molar-refractivity contribution in [2.45, 2.75) is 70.2 Å². The van der Waals surface area contributed by atoms with Gasteiger partial charge in [-0.05, 0) is 37.7 Å². The summed E-state index contributed by atoms with van der Waals surface area (Å²) in [6.45, 7) is 4.87. The molecular formula is C16H25N3O. The van der Waals surface area contributed by atoms with Crippen molar-refractivity contribution in [3.05, 3.63) is 23.4 Å². The summed E-state index contributed by atoms with van der Waals surface area (Å²) in [6.07, 6.45) is 3.93. The Morgan fingerprint density at radius 2 is 1.95 bits per heavy atom. The molecule has 1 aromatic rings. The lowest BCUT2D eigenvalue weighted by Crippen LogP contribution is -2.45. The van der Waals surface area contributed by atoms with Crippen molar-refractivity contribution in [2.24, 2.45) is 5.73 Å². The average Bonchev–Trinajstić information content (AvgIpc) is 2.69. The first-order chi connectivity index (χ1) is 9.60. The summed E-state index contributed by atoms with van der Waals surface area (Å²) in [5, 5.41) is 9.95. The van der Waals surface area contributed by atoms with Gasteiger partial charge in [-0.3, -0.25) is 0 Å². The number of aliphatic hydroxyl groups is 1. The molecule has 2 aliphatic heterocycles. The van der Waals surface area contributed by atoms with Crippen molar-refractivity contribution < 1.29 is 5.11 Å². The standard InChI is InChI=1S/C16H25N3O/c1-10(2)15-6-3-11(9-17)16(18-15)19-12-4-5-13(19)8-14(20)7-12/h3,6,10,12-14,20H,4-5,7-9,17H2,1-2H3/t12-,13-/m0/s1. The molecule has 0 radical (unpaired) electrons. The Kier molecular flexibility index (Phi) is 3.69. The summed E-state index contributed by atoms with van der Waals surface area (Å²) in [6, 6.07) is 5.09. The number of nitrogens with two attached hydrogens (primary N) is 1. The molecular weight excluding hydrogens is 250 g/mol. The van der Waals surface area contributed by atoms with Crippen molar-refractivity contribution in [3.63, 3.8) is 0 Å². The van der Waals surface area contributed by atoms with Crippen molar-refractivity contribution in [1.29, 1.82) is 0 Å². The first-order valence-electron chi connectivity index (χ1n) is 7.76. The van der Waals surface area contributed by atoms with Gasteiger partial charge in [0.25, 0.3) is 0 Å². The number of anilines is 1. The molecule has 20 heavy (non-hydrogen) atoms. The molecule has 2 bridgehead atoms. The zero-order valence-electron chi connectivity index (χ0n) is 12.4. The molecule has 110 valence electrons. The summed E-state index contributed by atoms with van der Waals surface area (Å²) >= 11 is 0. The normalized spacial score (nSPS) is 29.2. The summed E-state index contributed by atoms with van der Waals surface area (Å²) in [4.78, 5) is 7.34. The number of rotatable bonds is 3. The molecule has 1 aromatic heterocycles. The number of hydrogen-bond donors (Lipinski definition) is 2. The topological polar surface area (TPSA) is 62.4 Å². The van der Waals surface area contributed by atoms with Gasteiger partial charge in [0.2, 0.25) is 0 Å². The summed E-state index contributed by atoms with van der Waals surface area (Å²) < 4.78 is 0. The van der Waals surface area contributed by atoms with E-state index in [0.29, 0.717) is 24.5 Å². The highest BCUT2D eigenvalue weighted by Crippen LogP contribution is 2.40. The fourth-order valence-corrected chi connectivity index (χ4v) is 3.69. The van der Waals surface area contributed by atoms with Crippen molar-refractivity contribution in [1.82, 2.24) is 4.98 Å². The van der Waals surface area contributed by atoms with Crippen molar-refractivity contribution >= 4 is 5.82 Å². The van der Waals surface area contributed by atoms with E-state index in [1.165, 1.54) is 12.8 Å². The smallest absolute Gasteiger partial charge is 0.133 e. The first-order valence-corrected chi connectivity index (χ1v) is 7.76. The third-order valence-electron chi connectivity index (χ3n) is 4.74. The van der Waals surface area contributed by atoms with E-state index in [1.54, 1.807) is 0 Å². The number of hydrogen-bond acceptors (Lipinski definition) is 4. The first kappa shape index (κ1) is 13.8. The molecule has 0 amide bonds. The predicted octanol–water partition coefficient (Wildman–Crippen LogP) is 2.16. The molecule has 3 rings (SSSR count). The van der Waals surface area contributed by atoms with Crippen LogP contribution in [0.2, 0.25) is 0 Å². The Morgan fingerprint density at radius 1 is 1.30 bits per heavy atom. The molecule has 2 saturated heterocycles. The Labute approximate surface area is 121 Å². The van der Waals surface area contributed by atoms with Crippen LogP contribution in [0.4, 0.5) is 5.82 Å². The van der Waals surface area contributed by atoms with Crippen LogP contribution in [0, 0.1) is 0 Å². The second kappa shape index (κ2) is 5.34. The largest absolute Gasteiger partial charge is 0.393 e. The van der Waals surface area contributed by atoms with Crippen molar-refractivity contribution in [3.8, 4) is 0 Å². The number of piperidine rings is 1. The van der Waals surface area contributed by atoms with Gasteiger partial charge in [-0.2, -0.15) is 0 Å². The van der Waals surface area contributed by atoms with Crippen LogP contribution in [-0.4, -0.2) is 28.3 Å². The number of fused-ring (bicyclic) bond motifs is 2. The predicted molar refractivity (Wildman–Crippen MR) is 80.7 cm³/mol. The summed E-state index contributed by atoms with van der Waals surface area (Å²) in [5.74, 6) is 1.49. The fraction of sp³-hybridized carbons (Fsp3) is 0.688. The average molecular weight is 275 g/mol. The zero-order valence-corrected chi connectivity index (χ0v) is 12.4. The second-order valence-corrected chi connectivity index (χ2v) is 6.50. The molecule has 4 nitrogen and oxygen atoms in total. The molecule has 3 heterocycles. The number of aliphatic hydroxyl groups excluding tert-OH is 1. The number of nitrogens with zero attached hydrogens (tertiary/aromatic N) is 2. The lowest BCUT2D eigenvalue weighted by Gasteiger charge is -2.39. The molecule has 0 aliphatic carbocycles. The van der Waals surface area contributed by atoms with Gasteiger partial charge in [0.05, 0.1) is 6.10 Å². The van der Waals surface area contributed by atoms with Crippen LogP contribution in [0.3, 0.4) is 0 Å². The quantitative estimate of drug-likeness (QED) is 0.887. The minimum Gasteiger partial charge on any atom is -0.393 e. The lowest BCUT2D eigenvalue weighted by atomic mass is 9.98. The highest BCUT2D eigenvalue weighted by Gasteiger charge is 2.41. The van der Waals surface area contributed by atoms with Crippen LogP contribution in [0.1, 0.15) is 56.7 Å². The molecule has 2 fully saturated rings. The SMILES string of the molecule is CC(C)c1ccc(CN)c(N2[C@H]3CC[C@H]2CC(O)C3)n1. The minimum absolute atomic E-state index is 0.140. The fourth-order valence-electron chi connectivity index (χ4n) is 3.69. The Bertz CT molecular complexity index is 475. The Balaban J connectivity index is 1.98. The van der Waals surface area contributed by atoms with Gasteiger partial charge >= 0.3 is 0 Å². The molecule has 0 spiro atoms. The number of aromatic nitrogens is 1. The van der Waals surface area contributed by atoms with Crippen LogP contribution < -0.4 is 10.6 Å². The van der Waals surface area contributed by atoms with E-state index in [1.807, 2.05) is 0 Å². The van der Waals surface area contributed by atoms with Gasteiger partial charge in [-0.25, -0.2) is 4.98 Å². The van der Waals surface area contributed by atoms with E-state index in [9.17, 15) is 5.11 Å². The van der Waals surface area contributed by atoms with E-state index in [0.717, 1.165) is 29.9 Å². The third kappa shape index (κ3) is 2.31. The van der Waals surface area contributed by atoms with E-state index < -0.39 is 0 Å². The van der Waals surface area contributed by atoms with Crippen LogP contribution in [0.15, 0.2) is 12.1 Å². The summed E-state index contributed by atoms with van der Waals surface area (Å²) in [7, 11) is 0. The highest BCUT2D eigenvalue weighted by atomic mass is 16.3. The lowest BCUT2D eigenvalue weighted by molar-refractivity contribution is 0.126. The van der Waals surface area contributed by atoms with Gasteiger partial charge in [0.1, 0.15) is 5.82 Å². The monoisotopic (exact) mass is 275 g/mol. The molecule has 0 unspecified atom stereocenters. The maximum Gasteiger partial charge on any atom is 0.133 e. The van der Waals surface area contributed by atoms with Gasteiger partial charge < -0.3 is 15.7 Å². The Hall–Kier alpha value is -1.13. The van der Waals surface area contributed by atoms with Crippen LogP contribution in [0.5, 0.6) is 0 Å². The highest BCUT2D eigenvalue weighted by molar-refractivity contribution is 5.52. The molecule has 2 aliphatic rings. The second-order valence-electron chi connectivity index (χ2n) is 6.50. The maximum atomic E-state index is 9.95. The zero-order chi connectivity index (χ0) is 14.3. The van der Waals surface area contributed by atoms with E-state index >= 15 is 0 Å². The molecule has 4 heteroatoms. The number of pyridine rings is 1. The van der Waals surface area contributed by atoms with E-state index in [2.05, 4.69) is 30.9 Å². The van der Waals surface area contributed by atoms with Gasteiger partial charge in [0.15, 0.2) is 0 Å². The third-order valence-corrected chi connectivity index (χ3v) is 4.74. The van der Waals surface area contributed by atoms with E-state index in [-0.39, 0.29) is 6.10 Å². The minimum atomic E-state index is -0.140.